The van der Waals surface area contributed by atoms with Crippen LogP contribution in [0, 0.1) is 5.41 Å². The lowest BCUT2D eigenvalue weighted by molar-refractivity contribution is -0.142. The quantitative estimate of drug-likeness (QED) is 0.364. The van der Waals surface area contributed by atoms with Crippen LogP contribution in [0.25, 0.3) is 0 Å². The first-order valence-electron chi connectivity index (χ1n) is 5.99. The fourth-order valence-corrected chi connectivity index (χ4v) is 2.71. The average molecular weight is 244 g/mol. The third-order valence-electron chi connectivity index (χ3n) is 3.50. The number of carbonyl (C=O) groups is 1. The smallest absolute Gasteiger partial charge is 0.451 e. The molecule has 0 spiro atoms. The van der Waals surface area contributed by atoms with Crippen LogP contribution in [0.4, 0.5) is 0 Å². The number of hydrogen-bond acceptors (Lipinski definition) is 5. The van der Waals surface area contributed by atoms with Crippen molar-refractivity contribution in [3.63, 3.8) is 0 Å². The van der Waals surface area contributed by atoms with Gasteiger partial charge in [-0.1, -0.05) is 6.42 Å². The van der Waals surface area contributed by atoms with Crippen molar-refractivity contribution in [2.45, 2.75) is 31.6 Å². The fraction of sp³-hybridized carbons (Fsp3) is 0.900. The van der Waals surface area contributed by atoms with Gasteiger partial charge in [-0.2, -0.15) is 0 Å². The highest BCUT2D eigenvalue weighted by Gasteiger charge is 2.45. The molecule has 0 amide bonds. The van der Waals surface area contributed by atoms with Crippen molar-refractivity contribution >= 4 is 13.1 Å². The Kier molecular flexibility index (Phi) is 5.39. The van der Waals surface area contributed by atoms with Crippen molar-refractivity contribution in [3.05, 3.63) is 0 Å². The Bertz CT molecular complexity index is 265. The summed E-state index contributed by atoms with van der Waals surface area (Å²) in [7, 11) is 0.499. The van der Waals surface area contributed by atoms with Crippen molar-refractivity contribution in [2.24, 2.45) is 5.41 Å². The Morgan fingerprint density at radius 3 is 2.82 bits per heavy atom. The van der Waals surface area contributed by atoms with Gasteiger partial charge in [-0.3, -0.25) is 4.79 Å². The monoisotopic (exact) mass is 244 g/mol. The molecule has 98 valence electrons. The standard InChI is InChI=1S/C10H21BN2O4/c1-12-7-10(3-2-5-11(16)17)4-6-13-8(10)9(14)15/h8,12-13,16-17H,2-7H2,1H3,(H,14,15)/t8-,10-/m1/s1. The fourth-order valence-electron chi connectivity index (χ4n) is 2.71. The first-order chi connectivity index (χ1) is 8.02. The van der Waals surface area contributed by atoms with Gasteiger partial charge in [0, 0.05) is 12.0 Å². The van der Waals surface area contributed by atoms with Crippen molar-refractivity contribution < 1.29 is 19.9 Å². The van der Waals surface area contributed by atoms with E-state index in [0.29, 0.717) is 25.9 Å². The molecular formula is C10H21BN2O4. The molecule has 0 saturated carbocycles. The van der Waals surface area contributed by atoms with E-state index in [1.54, 1.807) is 7.05 Å². The third-order valence-corrected chi connectivity index (χ3v) is 3.50. The summed E-state index contributed by atoms with van der Waals surface area (Å²) in [6, 6.07) is -0.550. The largest absolute Gasteiger partial charge is 0.480 e. The summed E-state index contributed by atoms with van der Waals surface area (Å²) in [5, 5.41) is 32.9. The maximum atomic E-state index is 11.2. The molecule has 5 N–H and O–H groups in total. The molecule has 2 atom stereocenters. The SMILES string of the molecule is CNC[C@@]1(CCCB(O)O)CCN[C@@H]1C(=O)O. The molecule has 0 aromatic rings. The van der Waals surface area contributed by atoms with Crippen LogP contribution in [0.2, 0.25) is 6.32 Å². The average Bonchev–Trinajstić information content (AvgIpc) is 2.62. The van der Waals surface area contributed by atoms with Gasteiger partial charge in [0.05, 0.1) is 0 Å². The van der Waals surface area contributed by atoms with Crippen LogP contribution in [0.1, 0.15) is 19.3 Å². The van der Waals surface area contributed by atoms with E-state index < -0.39 is 19.1 Å². The number of hydrogen-bond donors (Lipinski definition) is 5. The van der Waals surface area contributed by atoms with Crippen LogP contribution in [0.3, 0.4) is 0 Å². The zero-order chi connectivity index (χ0) is 12.9. The highest BCUT2D eigenvalue weighted by Crippen LogP contribution is 2.36. The van der Waals surface area contributed by atoms with Gasteiger partial charge >= 0.3 is 13.1 Å². The van der Waals surface area contributed by atoms with Gasteiger partial charge in [0.1, 0.15) is 6.04 Å². The van der Waals surface area contributed by atoms with Crippen molar-refractivity contribution in [2.75, 3.05) is 20.1 Å². The minimum atomic E-state index is -1.31. The Labute approximate surface area is 102 Å². The van der Waals surface area contributed by atoms with Crippen LogP contribution in [0.15, 0.2) is 0 Å². The minimum absolute atomic E-state index is 0.289. The summed E-state index contributed by atoms with van der Waals surface area (Å²) in [5.74, 6) is -0.831. The van der Waals surface area contributed by atoms with Crippen molar-refractivity contribution in [1.29, 1.82) is 0 Å². The third kappa shape index (κ3) is 3.67. The molecule has 1 aliphatic rings. The second kappa shape index (κ2) is 6.35. The topological polar surface area (TPSA) is 102 Å². The molecule has 0 radical (unpaired) electrons. The van der Waals surface area contributed by atoms with Crippen LogP contribution in [-0.4, -0.2) is 54.4 Å². The number of rotatable bonds is 7. The summed E-state index contributed by atoms with van der Waals surface area (Å²) in [5.41, 5.74) is -0.324. The Hall–Kier alpha value is -0.625. The molecular weight excluding hydrogens is 223 g/mol. The molecule has 7 heteroatoms. The van der Waals surface area contributed by atoms with E-state index in [4.69, 9.17) is 10.0 Å². The molecule has 17 heavy (non-hydrogen) atoms. The lowest BCUT2D eigenvalue weighted by atomic mass is 9.72. The lowest BCUT2D eigenvalue weighted by Gasteiger charge is -2.32. The highest BCUT2D eigenvalue weighted by atomic mass is 16.4. The molecule has 0 aliphatic carbocycles. The van der Waals surface area contributed by atoms with Crippen LogP contribution in [0.5, 0.6) is 0 Å². The predicted octanol–water partition coefficient (Wildman–Crippen LogP) is -1.11. The first kappa shape index (κ1) is 14.4. The van der Waals surface area contributed by atoms with E-state index in [1.807, 2.05) is 0 Å². The molecule has 1 rings (SSSR count). The van der Waals surface area contributed by atoms with Crippen molar-refractivity contribution in [3.8, 4) is 0 Å². The highest BCUT2D eigenvalue weighted by molar-refractivity contribution is 6.40. The lowest BCUT2D eigenvalue weighted by Crippen LogP contribution is -2.48. The first-order valence-corrected chi connectivity index (χ1v) is 5.99. The molecule has 0 aromatic carbocycles. The second-order valence-corrected chi connectivity index (χ2v) is 4.74. The van der Waals surface area contributed by atoms with Crippen LogP contribution >= 0.6 is 0 Å². The molecule has 1 fully saturated rings. The van der Waals surface area contributed by atoms with Gasteiger partial charge in [-0.15, -0.1) is 0 Å². The zero-order valence-electron chi connectivity index (χ0n) is 10.1. The summed E-state index contributed by atoms with van der Waals surface area (Å²) < 4.78 is 0. The number of nitrogens with one attached hydrogen (secondary N) is 2. The molecule has 0 bridgehead atoms. The molecule has 6 nitrogen and oxygen atoms in total. The molecule has 0 unspecified atom stereocenters. The van der Waals surface area contributed by atoms with E-state index in [2.05, 4.69) is 10.6 Å². The minimum Gasteiger partial charge on any atom is -0.480 e. The molecule has 1 saturated heterocycles. The summed E-state index contributed by atoms with van der Waals surface area (Å²) in [6.07, 6.45) is 2.38. The van der Waals surface area contributed by atoms with E-state index in [0.717, 1.165) is 6.42 Å². The van der Waals surface area contributed by atoms with E-state index in [-0.39, 0.29) is 11.7 Å². The predicted molar refractivity (Wildman–Crippen MR) is 64.6 cm³/mol. The summed E-state index contributed by atoms with van der Waals surface area (Å²) >= 11 is 0. The van der Waals surface area contributed by atoms with Gasteiger partial charge in [-0.25, -0.2) is 0 Å². The van der Waals surface area contributed by atoms with Gasteiger partial charge in [0.15, 0.2) is 0 Å². The zero-order valence-corrected chi connectivity index (χ0v) is 10.1. The van der Waals surface area contributed by atoms with Crippen LogP contribution < -0.4 is 10.6 Å². The van der Waals surface area contributed by atoms with Gasteiger partial charge in [0.25, 0.3) is 0 Å². The van der Waals surface area contributed by atoms with Gasteiger partial charge in [-0.05, 0) is 32.8 Å². The van der Waals surface area contributed by atoms with Gasteiger partial charge in [0.2, 0.25) is 0 Å². The van der Waals surface area contributed by atoms with Gasteiger partial charge < -0.3 is 25.8 Å². The Morgan fingerprint density at radius 2 is 2.29 bits per heavy atom. The number of carboxylic acid groups (broad SMARTS) is 1. The molecule has 1 aliphatic heterocycles. The second-order valence-electron chi connectivity index (χ2n) is 4.74. The van der Waals surface area contributed by atoms with E-state index in [1.165, 1.54) is 0 Å². The number of aliphatic carboxylic acids is 1. The van der Waals surface area contributed by atoms with E-state index in [9.17, 15) is 9.90 Å². The van der Waals surface area contributed by atoms with E-state index >= 15 is 0 Å². The summed E-state index contributed by atoms with van der Waals surface area (Å²) in [4.78, 5) is 11.2. The normalized spacial score (nSPS) is 28.3. The molecule has 0 aromatic heterocycles. The maximum absolute atomic E-state index is 11.2. The van der Waals surface area contributed by atoms with Crippen molar-refractivity contribution in [1.82, 2.24) is 10.6 Å². The Morgan fingerprint density at radius 1 is 1.59 bits per heavy atom. The summed E-state index contributed by atoms with van der Waals surface area (Å²) in [6.45, 7) is 1.32. The van der Waals surface area contributed by atoms with Crippen LogP contribution in [-0.2, 0) is 4.79 Å². The Balaban J connectivity index is 2.63. The maximum Gasteiger partial charge on any atom is 0.451 e. The number of carboxylic acids is 1. The molecule has 1 heterocycles.